The molecule has 0 amide bonds. The normalized spacial score (nSPS) is 20.5. The molecule has 0 spiro atoms. The lowest BCUT2D eigenvalue weighted by Crippen LogP contribution is -2.41. The van der Waals surface area contributed by atoms with Crippen molar-refractivity contribution in [2.75, 3.05) is 0 Å². The van der Waals surface area contributed by atoms with Crippen LogP contribution >= 0.6 is 0 Å². The highest BCUT2D eigenvalue weighted by atomic mass is 28.3. The van der Waals surface area contributed by atoms with E-state index in [9.17, 15) is 4.39 Å². The fourth-order valence-corrected chi connectivity index (χ4v) is 2.58. The van der Waals surface area contributed by atoms with Crippen molar-refractivity contribution in [1.29, 1.82) is 0 Å². The molecule has 20 heavy (non-hydrogen) atoms. The molecule has 0 unspecified atom stereocenters. The van der Waals surface area contributed by atoms with Crippen LogP contribution in [0, 0.1) is 5.82 Å². The Balaban J connectivity index is 2.31. The second-order valence-corrected chi connectivity index (χ2v) is 8.28. The van der Waals surface area contributed by atoms with Gasteiger partial charge in [-0.15, -0.1) is 0 Å². The first-order valence-corrected chi connectivity index (χ1v) is 9.17. The maximum Gasteiger partial charge on any atom is 0.497 e. The Morgan fingerprint density at radius 3 is 2.15 bits per heavy atom. The molecule has 1 aliphatic rings. The number of hydrogen-bond donors (Lipinski definition) is 0. The second-order valence-electron chi connectivity index (χ2n) is 6.26. The number of rotatable bonds is 3. The summed E-state index contributed by atoms with van der Waals surface area (Å²) < 4.78 is 31.8. The summed E-state index contributed by atoms with van der Waals surface area (Å²) in [4.78, 5) is 0. The van der Waals surface area contributed by atoms with Gasteiger partial charge in [-0.3, -0.25) is 0 Å². The molecule has 1 fully saturated rings. The fraction of sp³-hybridized carbons (Fsp3) is 0.571. The van der Waals surface area contributed by atoms with Crippen LogP contribution < -0.4 is 9.89 Å². The first kappa shape index (κ1) is 15.5. The van der Waals surface area contributed by atoms with Gasteiger partial charge in [0.2, 0.25) is 0 Å². The molecule has 0 atom stereocenters. The molecular weight excluding hydrogens is 274 g/mol. The van der Waals surface area contributed by atoms with Crippen LogP contribution in [0.4, 0.5) is 4.39 Å². The van der Waals surface area contributed by atoms with Gasteiger partial charge in [0.1, 0.15) is 5.75 Å². The van der Waals surface area contributed by atoms with E-state index in [0.29, 0.717) is 5.46 Å². The molecular formula is C14H21BFO3Si. The van der Waals surface area contributed by atoms with Crippen molar-refractivity contribution in [3.63, 3.8) is 0 Å². The summed E-state index contributed by atoms with van der Waals surface area (Å²) in [5.74, 6) is -0.117. The predicted octanol–water partition coefficient (Wildman–Crippen LogP) is 2.75. The average molecular weight is 295 g/mol. The zero-order chi connectivity index (χ0) is 15.1. The van der Waals surface area contributed by atoms with Crippen molar-refractivity contribution < 1.29 is 18.1 Å². The van der Waals surface area contributed by atoms with Crippen LogP contribution in [0.2, 0.25) is 13.1 Å². The Bertz CT molecular complexity index is 489. The van der Waals surface area contributed by atoms with Crippen molar-refractivity contribution in [3.8, 4) is 5.75 Å². The van der Waals surface area contributed by atoms with Crippen molar-refractivity contribution >= 4 is 21.6 Å². The number of benzene rings is 1. The van der Waals surface area contributed by atoms with Gasteiger partial charge in [0.25, 0.3) is 9.04 Å². The highest BCUT2D eigenvalue weighted by molar-refractivity contribution is 6.62. The molecule has 0 bridgehead atoms. The predicted molar refractivity (Wildman–Crippen MR) is 80.2 cm³/mol. The lowest BCUT2D eigenvalue weighted by Gasteiger charge is -2.32. The molecule has 1 heterocycles. The van der Waals surface area contributed by atoms with E-state index in [2.05, 4.69) is 0 Å². The summed E-state index contributed by atoms with van der Waals surface area (Å²) in [6.07, 6.45) is 0. The Morgan fingerprint density at radius 1 is 1.10 bits per heavy atom. The van der Waals surface area contributed by atoms with Gasteiger partial charge in [0, 0.05) is 5.46 Å². The molecule has 1 aromatic rings. The number of hydrogen-bond acceptors (Lipinski definition) is 3. The molecule has 1 aliphatic heterocycles. The Labute approximate surface area is 122 Å². The van der Waals surface area contributed by atoms with E-state index in [1.807, 2.05) is 40.8 Å². The summed E-state index contributed by atoms with van der Waals surface area (Å²) in [5.41, 5.74) is -0.568. The van der Waals surface area contributed by atoms with E-state index in [-0.39, 0.29) is 5.75 Å². The van der Waals surface area contributed by atoms with Crippen LogP contribution in [0.3, 0.4) is 0 Å². The Kier molecular flexibility index (Phi) is 4.01. The molecule has 0 saturated carbocycles. The molecule has 0 aromatic heterocycles. The van der Waals surface area contributed by atoms with Crippen molar-refractivity contribution in [2.45, 2.75) is 52.0 Å². The molecule has 1 radical (unpaired) electrons. The smallest absolute Gasteiger partial charge is 0.497 e. The van der Waals surface area contributed by atoms with Crippen LogP contribution in [-0.4, -0.2) is 27.4 Å². The van der Waals surface area contributed by atoms with E-state index in [0.717, 1.165) is 0 Å². The minimum atomic E-state index is -1.02. The summed E-state index contributed by atoms with van der Waals surface area (Å²) in [6, 6.07) is 5.09. The molecule has 1 saturated heterocycles. The lowest BCUT2D eigenvalue weighted by molar-refractivity contribution is 0.00578. The zero-order valence-electron chi connectivity index (χ0n) is 12.9. The molecule has 1 aromatic carbocycles. The Morgan fingerprint density at radius 2 is 1.65 bits per heavy atom. The van der Waals surface area contributed by atoms with Crippen LogP contribution in [0.1, 0.15) is 27.7 Å². The largest absolute Gasteiger partial charge is 0.541 e. The first-order valence-electron chi connectivity index (χ1n) is 6.76. The van der Waals surface area contributed by atoms with E-state index in [4.69, 9.17) is 13.7 Å². The third-order valence-corrected chi connectivity index (χ3v) is 4.44. The molecule has 2 rings (SSSR count). The summed E-state index contributed by atoms with van der Waals surface area (Å²) >= 11 is 0. The lowest BCUT2D eigenvalue weighted by atomic mass is 9.78. The molecule has 0 N–H and O–H groups in total. The molecule has 3 nitrogen and oxygen atoms in total. The highest BCUT2D eigenvalue weighted by Crippen LogP contribution is 2.37. The topological polar surface area (TPSA) is 27.7 Å². The zero-order valence-corrected chi connectivity index (χ0v) is 13.9. The first-order chi connectivity index (χ1) is 9.14. The average Bonchev–Trinajstić information content (AvgIpc) is 2.50. The van der Waals surface area contributed by atoms with Crippen molar-refractivity contribution in [2.24, 2.45) is 0 Å². The van der Waals surface area contributed by atoms with Gasteiger partial charge in [0.05, 0.1) is 11.2 Å². The van der Waals surface area contributed by atoms with Gasteiger partial charge in [-0.05, 0) is 46.9 Å². The van der Waals surface area contributed by atoms with Gasteiger partial charge in [0.15, 0.2) is 5.82 Å². The van der Waals surface area contributed by atoms with E-state index in [1.165, 1.54) is 0 Å². The molecule has 0 aliphatic carbocycles. The van der Waals surface area contributed by atoms with Gasteiger partial charge >= 0.3 is 7.12 Å². The van der Waals surface area contributed by atoms with Crippen LogP contribution in [0.25, 0.3) is 0 Å². The van der Waals surface area contributed by atoms with Gasteiger partial charge in [-0.1, -0.05) is 12.1 Å². The van der Waals surface area contributed by atoms with E-state index < -0.39 is 33.2 Å². The van der Waals surface area contributed by atoms with E-state index in [1.54, 1.807) is 18.2 Å². The minimum absolute atomic E-state index is 0.274. The Hall–Kier alpha value is -0.848. The quantitative estimate of drug-likeness (QED) is 0.803. The third-order valence-electron chi connectivity index (χ3n) is 3.81. The van der Waals surface area contributed by atoms with Crippen LogP contribution in [-0.2, 0) is 9.31 Å². The molecule has 109 valence electrons. The highest BCUT2D eigenvalue weighted by Gasteiger charge is 2.52. The second kappa shape index (κ2) is 5.17. The number of halogens is 1. The van der Waals surface area contributed by atoms with Crippen molar-refractivity contribution in [1.82, 2.24) is 0 Å². The summed E-state index contributed by atoms with van der Waals surface area (Å²) in [6.45, 7) is 11.7. The van der Waals surface area contributed by atoms with E-state index >= 15 is 0 Å². The SMILES string of the molecule is C[Si](C)Oc1cccc(B2OC(C)(C)C(C)(C)O2)c1F. The van der Waals surface area contributed by atoms with Gasteiger partial charge in [-0.2, -0.15) is 0 Å². The third kappa shape index (κ3) is 2.78. The van der Waals surface area contributed by atoms with Gasteiger partial charge < -0.3 is 13.7 Å². The van der Waals surface area contributed by atoms with Crippen LogP contribution in [0.5, 0.6) is 5.75 Å². The summed E-state index contributed by atoms with van der Waals surface area (Å²) in [7, 11) is -1.72. The minimum Gasteiger partial charge on any atom is -0.541 e. The molecule has 6 heteroatoms. The van der Waals surface area contributed by atoms with Crippen LogP contribution in [0.15, 0.2) is 18.2 Å². The monoisotopic (exact) mass is 295 g/mol. The van der Waals surface area contributed by atoms with Gasteiger partial charge in [-0.25, -0.2) is 4.39 Å². The standard InChI is InChI=1S/C14H21BFO3Si/c1-13(2)14(3,4)19-15(18-13)10-8-7-9-11(12(10)16)17-20(5)6/h7-9H,1-6H3. The maximum atomic E-state index is 14.5. The fourth-order valence-electron chi connectivity index (χ4n) is 1.98. The maximum absolute atomic E-state index is 14.5. The van der Waals surface area contributed by atoms with Crippen molar-refractivity contribution in [3.05, 3.63) is 24.0 Å². The summed E-state index contributed by atoms with van der Waals surface area (Å²) in [5, 5.41) is 0.